The molecule has 1 amide bonds. The van der Waals surface area contributed by atoms with Crippen molar-refractivity contribution in [3.05, 3.63) is 0 Å². The third kappa shape index (κ3) is 0.853. The molecule has 0 spiro atoms. The third-order valence-corrected chi connectivity index (χ3v) is 4.53. The summed E-state index contributed by atoms with van der Waals surface area (Å²) in [6, 6.07) is 0.956. The summed E-state index contributed by atoms with van der Waals surface area (Å²) in [6.07, 6.45) is 1.94. The van der Waals surface area contributed by atoms with E-state index in [9.17, 15) is 4.79 Å². The number of carbonyl (C=O) groups is 1. The first-order valence-electron chi connectivity index (χ1n) is 3.82. The fourth-order valence-corrected chi connectivity index (χ4v) is 3.04. The minimum Gasteiger partial charge on any atom is -0.369 e. The maximum atomic E-state index is 11.0. The average molecular weight is 266 g/mol. The van der Waals surface area contributed by atoms with Gasteiger partial charge in [0.25, 0.3) is 0 Å². The second-order valence-electron chi connectivity index (χ2n) is 3.64. The normalized spacial score (nSPS) is 48.9. The summed E-state index contributed by atoms with van der Waals surface area (Å²) in [4.78, 5) is 11.0. The van der Waals surface area contributed by atoms with E-state index in [1.807, 2.05) is 0 Å². The van der Waals surface area contributed by atoms with Crippen LogP contribution in [0.2, 0.25) is 0 Å². The molecule has 0 radical (unpaired) electrons. The van der Waals surface area contributed by atoms with Crippen LogP contribution in [0.15, 0.2) is 0 Å². The van der Waals surface area contributed by atoms with E-state index in [4.69, 9.17) is 5.73 Å². The van der Waals surface area contributed by atoms with Gasteiger partial charge in [0.05, 0.1) is 5.41 Å². The molecule has 2 aliphatic rings. The number of primary amides is 1. The molecule has 1 aliphatic heterocycles. The lowest BCUT2D eigenvalue weighted by atomic mass is 10.0. The quantitative estimate of drug-likeness (QED) is 0.560. The second-order valence-corrected chi connectivity index (χ2v) is 4.75. The number of hydrogen-bond acceptors (Lipinski definition) is 2. The second kappa shape index (κ2) is 2.10. The molecule has 2 fully saturated rings. The number of amides is 1. The summed E-state index contributed by atoms with van der Waals surface area (Å²) in [7, 11) is 0. The lowest BCUT2D eigenvalue weighted by Crippen LogP contribution is -2.26. The van der Waals surface area contributed by atoms with Gasteiger partial charge in [-0.2, -0.15) is 0 Å². The first-order chi connectivity index (χ1) is 5.08. The van der Waals surface area contributed by atoms with Gasteiger partial charge in [-0.25, -0.2) is 3.11 Å². The number of nitrogens with zero attached hydrogens (tertiary/aromatic N) is 1. The van der Waals surface area contributed by atoms with E-state index in [1.165, 1.54) is 0 Å². The number of carbonyl (C=O) groups excluding carboxylic acids is 1. The minimum atomic E-state index is -0.138. The van der Waals surface area contributed by atoms with E-state index in [1.54, 1.807) is 0 Å². The smallest absolute Gasteiger partial charge is 0.225 e. The Hall–Kier alpha value is 0.160. The zero-order valence-corrected chi connectivity index (χ0v) is 8.54. The molecule has 2 N–H and O–H groups in total. The summed E-state index contributed by atoms with van der Waals surface area (Å²) < 4.78 is 2.24. The first kappa shape index (κ1) is 7.79. The largest absolute Gasteiger partial charge is 0.369 e. The van der Waals surface area contributed by atoms with E-state index in [2.05, 4.69) is 32.9 Å². The topological polar surface area (TPSA) is 46.3 Å². The van der Waals surface area contributed by atoms with Crippen molar-refractivity contribution in [2.75, 3.05) is 0 Å². The van der Waals surface area contributed by atoms with Crippen LogP contribution in [0.1, 0.15) is 19.8 Å². The zero-order chi connectivity index (χ0) is 8.22. The Labute approximate surface area is 79.8 Å². The SMILES string of the molecule is C[C@@H]1C[C@@]2(C(N)=O)C[C@H]2N1I. The van der Waals surface area contributed by atoms with Crippen LogP contribution < -0.4 is 5.73 Å². The van der Waals surface area contributed by atoms with Gasteiger partial charge in [-0.1, -0.05) is 0 Å². The highest BCUT2D eigenvalue weighted by Crippen LogP contribution is 2.60. The highest BCUT2D eigenvalue weighted by Gasteiger charge is 2.66. The monoisotopic (exact) mass is 266 g/mol. The van der Waals surface area contributed by atoms with Crippen molar-refractivity contribution in [3.63, 3.8) is 0 Å². The standard InChI is InChI=1S/C7H11IN2O/c1-4-2-7(6(9)11)3-5(7)10(4)8/h4-5H,2-3H2,1H3,(H2,9,11)/t4-,5-,7-/m1/s1. The number of piperidine rings is 1. The van der Waals surface area contributed by atoms with Crippen molar-refractivity contribution in [3.8, 4) is 0 Å². The number of halogens is 1. The molecule has 1 saturated heterocycles. The van der Waals surface area contributed by atoms with Gasteiger partial charge >= 0.3 is 0 Å². The van der Waals surface area contributed by atoms with Gasteiger partial charge in [0.2, 0.25) is 5.91 Å². The fraction of sp³-hybridized carbons (Fsp3) is 0.857. The van der Waals surface area contributed by atoms with Gasteiger partial charge in [-0.3, -0.25) is 4.79 Å². The van der Waals surface area contributed by atoms with Gasteiger partial charge in [-0.05, 0) is 19.8 Å². The van der Waals surface area contributed by atoms with Crippen molar-refractivity contribution < 1.29 is 4.79 Å². The molecule has 1 saturated carbocycles. The number of hydrogen-bond donors (Lipinski definition) is 1. The van der Waals surface area contributed by atoms with E-state index in [0.717, 1.165) is 12.8 Å². The van der Waals surface area contributed by atoms with Crippen LogP contribution in [0.25, 0.3) is 0 Å². The Kier molecular flexibility index (Phi) is 1.49. The predicted molar refractivity (Wildman–Crippen MR) is 50.0 cm³/mol. The maximum absolute atomic E-state index is 11.0. The predicted octanol–water partition coefficient (Wildman–Crippen LogP) is 0.675. The van der Waals surface area contributed by atoms with Crippen LogP contribution in [0.3, 0.4) is 0 Å². The van der Waals surface area contributed by atoms with Crippen molar-refractivity contribution in [1.82, 2.24) is 3.11 Å². The van der Waals surface area contributed by atoms with Crippen molar-refractivity contribution in [1.29, 1.82) is 0 Å². The van der Waals surface area contributed by atoms with Gasteiger partial charge in [0, 0.05) is 34.9 Å². The molecule has 0 aromatic rings. The summed E-state index contributed by atoms with van der Waals surface area (Å²) in [5.41, 5.74) is 5.19. The Balaban J connectivity index is 2.20. The molecule has 1 heterocycles. The molecular weight excluding hydrogens is 255 g/mol. The third-order valence-electron chi connectivity index (χ3n) is 2.90. The van der Waals surface area contributed by atoms with Crippen LogP contribution in [0, 0.1) is 5.41 Å². The van der Waals surface area contributed by atoms with Crippen LogP contribution in [-0.2, 0) is 4.79 Å². The first-order valence-corrected chi connectivity index (χ1v) is 4.78. The molecule has 1 aliphatic carbocycles. The highest BCUT2D eigenvalue weighted by molar-refractivity contribution is 14.1. The van der Waals surface area contributed by atoms with Crippen molar-refractivity contribution >= 4 is 28.8 Å². The van der Waals surface area contributed by atoms with Gasteiger partial charge in [-0.15, -0.1) is 0 Å². The van der Waals surface area contributed by atoms with E-state index in [0.29, 0.717) is 12.1 Å². The molecule has 0 unspecified atom stereocenters. The summed E-state index contributed by atoms with van der Waals surface area (Å²) in [5.74, 6) is -0.103. The summed E-state index contributed by atoms with van der Waals surface area (Å²) in [5, 5.41) is 0. The zero-order valence-electron chi connectivity index (χ0n) is 6.38. The molecule has 62 valence electrons. The highest BCUT2D eigenvalue weighted by atomic mass is 127. The van der Waals surface area contributed by atoms with E-state index < -0.39 is 0 Å². The van der Waals surface area contributed by atoms with Crippen LogP contribution in [0.4, 0.5) is 0 Å². The molecule has 2 rings (SSSR count). The number of fused-ring (bicyclic) bond motifs is 1. The number of rotatable bonds is 1. The Morgan fingerprint density at radius 2 is 2.36 bits per heavy atom. The molecule has 3 nitrogen and oxygen atoms in total. The van der Waals surface area contributed by atoms with Crippen molar-refractivity contribution in [2.45, 2.75) is 31.8 Å². The average Bonchev–Trinajstić information content (AvgIpc) is 2.57. The van der Waals surface area contributed by atoms with E-state index in [-0.39, 0.29) is 11.3 Å². The molecule has 0 aromatic heterocycles. The van der Waals surface area contributed by atoms with E-state index >= 15 is 0 Å². The Morgan fingerprint density at radius 3 is 2.64 bits per heavy atom. The minimum absolute atomic E-state index is 0.103. The lowest BCUT2D eigenvalue weighted by Gasteiger charge is -2.14. The summed E-state index contributed by atoms with van der Waals surface area (Å²) >= 11 is 2.29. The van der Waals surface area contributed by atoms with Crippen LogP contribution >= 0.6 is 22.9 Å². The summed E-state index contributed by atoms with van der Waals surface area (Å²) in [6.45, 7) is 2.14. The molecule has 11 heavy (non-hydrogen) atoms. The van der Waals surface area contributed by atoms with Gasteiger partial charge < -0.3 is 5.73 Å². The van der Waals surface area contributed by atoms with Crippen LogP contribution in [0.5, 0.6) is 0 Å². The molecule has 4 heteroatoms. The molecular formula is C7H11IN2O. The van der Waals surface area contributed by atoms with Crippen molar-refractivity contribution in [2.24, 2.45) is 11.1 Å². The van der Waals surface area contributed by atoms with Crippen LogP contribution in [-0.4, -0.2) is 21.1 Å². The molecule has 0 aromatic carbocycles. The fourth-order valence-electron chi connectivity index (χ4n) is 2.12. The Morgan fingerprint density at radius 1 is 1.73 bits per heavy atom. The molecule has 3 atom stereocenters. The maximum Gasteiger partial charge on any atom is 0.225 e. The lowest BCUT2D eigenvalue weighted by molar-refractivity contribution is -0.123. The number of nitrogens with two attached hydrogens (primary N) is 1. The van der Waals surface area contributed by atoms with Gasteiger partial charge in [0.15, 0.2) is 0 Å². The molecule has 0 bridgehead atoms. The Bertz CT molecular complexity index is 220. The van der Waals surface area contributed by atoms with Gasteiger partial charge in [0.1, 0.15) is 0 Å².